The molecule has 320 valence electrons. The van der Waals surface area contributed by atoms with Gasteiger partial charge in [-0.05, 0) is 118 Å². The number of benzene rings is 2. The van der Waals surface area contributed by atoms with E-state index < -0.39 is 47.4 Å². The summed E-state index contributed by atoms with van der Waals surface area (Å²) in [6, 6.07) is 11.0. The minimum Gasteiger partial charge on any atom is -0.494 e. The summed E-state index contributed by atoms with van der Waals surface area (Å²) >= 11 is 0. The summed E-state index contributed by atoms with van der Waals surface area (Å²) < 4.78 is 47.0. The SMILES string of the molecule is COc1cc2nn(C3CCC(CN4CCC5(CC4)CC(CNc4cccc6c4C(=O)N([C@@H]4CCC(=O)NC4=O)C6=O)C5)CC3)cc2cc1NC(=O)c1cccc(C(F)(F)F)n1. The summed E-state index contributed by atoms with van der Waals surface area (Å²) in [7, 11) is 1.46. The molecule has 4 aromatic rings. The van der Waals surface area contributed by atoms with E-state index in [1.165, 1.54) is 13.2 Å². The number of fused-ring (bicyclic) bond motifs is 2. The Balaban J connectivity index is 0.732. The summed E-state index contributed by atoms with van der Waals surface area (Å²) in [5.41, 5.74) is 1.03. The number of hydrogen-bond acceptors (Lipinski definition) is 10. The van der Waals surface area contributed by atoms with Gasteiger partial charge in [0.15, 0.2) is 0 Å². The maximum absolute atomic E-state index is 13.5. The lowest BCUT2D eigenvalue weighted by molar-refractivity contribution is -0.141. The van der Waals surface area contributed by atoms with Gasteiger partial charge in [-0.3, -0.25) is 38.9 Å². The van der Waals surface area contributed by atoms with Crippen LogP contribution in [-0.2, 0) is 15.8 Å². The number of anilines is 2. The highest BCUT2D eigenvalue weighted by molar-refractivity contribution is 6.25. The Morgan fingerprint density at radius 2 is 1.69 bits per heavy atom. The van der Waals surface area contributed by atoms with Crippen molar-refractivity contribution in [2.24, 2.45) is 17.3 Å². The molecule has 5 amide bonds. The Hall–Kier alpha value is -5.84. The second-order valence-corrected chi connectivity index (χ2v) is 17.4. The van der Waals surface area contributed by atoms with Crippen LogP contribution in [0.5, 0.6) is 5.75 Å². The Kier molecular flexibility index (Phi) is 10.6. The summed E-state index contributed by atoms with van der Waals surface area (Å²) in [4.78, 5) is 70.9. The van der Waals surface area contributed by atoms with Gasteiger partial charge in [0.1, 0.15) is 23.2 Å². The summed E-state index contributed by atoms with van der Waals surface area (Å²) in [6.45, 7) is 3.93. The number of carbonyl (C=O) groups excluding carboxylic acids is 5. The van der Waals surface area contributed by atoms with Crippen molar-refractivity contribution in [2.75, 3.05) is 43.9 Å². The number of likely N-dealkylation sites (tertiary alicyclic amines) is 1. The number of pyridine rings is 1. The number of amides is 5. The molecule has 2 aromatic carbocycles. The fraction of sp³-hybridized carbons (Fsp3) is 0.477. The van der Waals surface area contributed by atoms with E-state index in [1.807, 2.05) is 10.9 Å². The molecule has 9 rings (SSSR count). The minimum absolute atomic E-state index is 0.0790. The predicted molar refractivity (Wildman–Crippen MR) is 217 cm³/mol. The smallest absolute Gasteiger partial charge is 0.433 e. The minimum atomic E-state index is -4.67. The molecule has 0 radical (unpaired) electrons. The second kappa shape index (κ2) is 15.9. The number of aromatic nitrogens is 3. The van der Waals surface area contributed by atoms with Gasteiger partial charge in [0.25, 0.3) is 17.7 Å². The zero-order valence-corrected chi connectivity index (χ0v) is 33.7. The number of carbonyl (C=O) groups is 5. The largest absolute Gasteiger partial charge is 0.494 e. The van der Waals surface area contributed by atoms with E-state index in [2.05, 4.69) is 25.8 Å². The predicted octanol–water partition coefficient (Wildman–Crippen LogP) is 6.45. The van der Waals surface area contributed by atoms with Crippen molar-refractivity contribution in [2.45, 2.75) is 82.5 Å². The van der Waals surface area contributed by atoms with Gasteiger partial charge in [0.05, 0.1) is 35.5 Å². The molecule has 17 heteroatoms. The number of methoxy groups -OCH3 is 1. The van der Waals surface area contributed by atoms with E-state index in [-0.39, 0.29) is 30.1 Å². The first-order valence-corrected chi connectivity index (χ1v) is 21.0. The molecule has 61 heavy (non-hydrogen) atoms. The first-order chi connectivity index (χ1) is 29.3. The number of nitrogens with zero attached hydrogens (tertiary/aromatic N) is 5. The molecule has 2 aromatic heterocycles. The van der Waals surface area contributed by atoms with Crippen LogP contribution in [0.4, 0.5) is 24.5 Å². The van der Waals surface area contributed by atoms with Crippen molar-refractivity contribution in [3.8, 4) is 5.75 Å². The second-order valence-electron chi connectivity index (χ2n) is 17.4. The molecular weight excluding hydrogens is 794 g/mol. The Morgan fingerprint density at radius 1 is 0.934 bits per heavy atom. The van der Waals surface area contributed by atoms with Crippen molar-refractivity contribution in [1.29, 1.82) is 0 Å². The lowest BCUT2D eigenvalue weighted by Gasteiger charge is -2.53. The van der Waals surface area contributed by atoms with Crippen molar-refractivity contribution >= 4 is 51.8 Å². The average molecular weight is 841 g/mol. The number of piperidine rings is 2. The van der Waals surface area contributed by atoms with Crippen LogP contribution >= 0.6 is 0 Å². The van der Waals surface area contributed by atoms with Crippen LogP contribution in [0.2, 0.25) is 0 Å². The molecule has 1 atom stereocenters. The first-order valence-electron chi connectivity index (χ1n) is 21.0. The molecule has 5 aliphatic rings. The zero-order valence-electron chi connectivity index (χ0n) is 33.7. The molecule has 0 unspecified atom stereocenters. The van der Waals surface area contributed by atoms with Crippen LogP contribution in [-0.4, -0.2) is 93.4 Å². The third kappa shape index (κ3) is 7.95. The molecule has 14 nitrogen and oxygen atoms in total. The molecule has 3 N–H and O–H groups in total. The van der Waals surface area contributed by atoms with Crippen molar-refractivity contribution in [1.82, 2.24) is 29.9 Å². The summed E-state index contributed by atoms with van der Waals surface area (Å²) in [5, 5.41) is 14.0. The molecular formula is C44H47F3N8O6. The quantitative estimate of drug-likeness (QED) is 0.151. The maximum atomic E-state index is 13.5. The van der Waals surface area contributed by atoms with Crippen molar-refractivity contribution in [3.05, 3.63) is 77.2 Å². The van der Waals surface area contributed by atoms with Crippen LogP contribution in [0, 0.1) is 17.3 Å². The molecule has 1 spiro atoms. The molecule has 4 fully saturated rings. The topological polar surface area (TPSA) is 168 Å². The summed E-state index contributed by atoms with van der Waals surface area (Å²) in [5.74, 6) is -1.40. The third-order valence-electron chi connectivity index (χ3n) is 13.5. The van der Waals surface area contributed by atoms with Gasteiger partial charge in [0.2, 0.25) is 11.8 Å². The van der Waals surface area contributed by atoms with Gasteiger partial charge in [-0.1, -0.05) is 12.1 Å². The molecule has 5 heterocycles. The highest BCUT2D eigenvalue weighted by Gasteiger charge is 2.48. The third-order valence-corrected chi connectivity index (χ3v) is 13.5. The average Bonchev–Trinajstić information content (AvgIpc) is 3.76. The van der Waals surface area contributed by atoms with Crippen LogP contribution in [0.25, 0.3) is 10.9 Å². The van der Waals surface area contributed by atoms with Crippen LogP contribution in [0.1, 0.15) is 107 Å². The van der Waals surface area contributed by atoms with E-state index in [0.29, 0.717) is 52.0 Å². The summed E-state index contributed by atoms with van der Waals surface area (Å²) in [6.07, 6.45) is 6.21. The Bertz CT molecular complexity index is 2410. The van der Waals surface area contributed by atoms with Gasteiger partial charge in [-0.2, -0.15) is 18.3 Å². The highest BCUT2D eigenvalue weighted by Crippen LogP contribution is 2.53. The fourth-order valence-corrected chi connectivity index (χ4v) is 10.2. The number of nitrogens with one attached hydrogen (secondary N) is 3. The maximum Gasteiger partial charge on any atom is 0.433 e. The number of hydrogen-bond donors (Lipinski definition) is 3. The molecule has 2 aliphatic carbocycles. The number of rotatable bonds is 10. The van der Waals surface area contributed by atoms with E-state index >= 15 is 0 Å². The van der Waals surface area contributed by atoms with Gasteiger partial charge in [0, 0.05) is 42.8 Å². The zero-order chi connectivity index (χ0) is 42.6. The van der Waals surface area contributed by atoms with Gasteiger partial charge >= 0.3 is 6.18 Å². The van der Waals surface area contributed by atoms with Crippen LogP contribution < -0.4 is 20.7 Å². The Labute approximate surface area is 349 Å². The van der Waals surface area contributed by atoms with Crippen molar-refractivity contribution in [3.63, 3.8) is 0 Å². The lowest BCUT2D eigenvalue weighted by atomic mass is 9.57. The van der Waals surface area contributed by atoms with Crippen molar-refractivity contribution < 1.29 is 41.9 Å². The van der Waals surface area contributed by atoms with Crippen LogP contribution in [0.3, 0.4) is 0 Å². The highest BCUT2D eigenvalue weighted by atomic mass is 19.4. The molecule has 0 bridgehead atoms. The molecule has 2 saturated heterocycles. The monoisotopic (exact) mass is 840 g/mol. The Morgan fingerprint density at radius 3 is 2.41 bits per heavy atom. The van der Waals surface area contributed by atoms with E-state index in [1.54, 1.807) is 30.3 Å². The molecule has 2 saturated carbocycles. The number of alkyl halides is 3. The van der Waals surface area contributed by atoms with Gasteiger partial charge in [-0.15, -0.1) is 0 Å². The standard InChI is InChI=1S/C44H47F3N8O6/c1-61-35-19-32-27(18-33(35)50-39(57)31-6-3-7-36(49-31)44(45,46)47)24-54(52-32)28-10-8-25(9-11-28)23-53-16-14-43(15-17-53)20-26(21-43)22-48-30-5-2-4-29-38(30)42(60)55(41(29)59)34-12-13-37(56)51-40(34)58/h2-7,18-19,24-26,28,34,48H,8-17,20-23H2,1H3,(H,50,57)(H,51,56,58)/t25?,28?,34-/m1/s1. The van der Waals surface area contributed by atoms with Gasteiger partial charge < -0.3 is 20.3 Å². The van der Waals surface area contributed by atoms with E-state index in [0.717, 1.165) is 93.4 Å². The van der Waals surface area contributed by atoms with E-state index in [9.17, 15) is 37.1 Å². The number of halogens is 3. The van der Waals surface area contributed by atoms with Crippen LogP contribution in [0.15, 0.2) is 54.7 Å². The normalized spacial score (nSPS) is 23.2. The van der Waals surface area contributed by atoms with E-state index in [4.69, 9.17) is 9.84 Å². The molecule has 3 aliphatic heterocycles. The fourth-order valence-electron chi connectivity index (χ4n) is 10.2. The number of ether oxygens (including phenoxy) is 1. The number of imide groups is 2. The lowest BCUT2D eigenvalue weighted by Crippen LogP contribution is -2.54. The first kappa shape index (κ1) is 40.6. The van der Waals surface area contributed by atoms with Gasteiger partial charge in [-0.25, -0.2) is 4.98 Å².